The summed E-state index contributed by atoms with van der Waals surface area (Å²) in [6.45, 7) is -0.304. The number of carboxylic acid groups (broad SMARTS) is 1. The van der Waals surface area contributed by atoms with Gasteiger partial charge in [0.25, 0.3) is 0 Å². The molecule has 7 heteroatoms. The molecule has 4 N–H and O–H groups in total. The van der Waals surface area contributed by atoms with Gasteiger partial charge in [-0.1, -0.05) is 30.3 Å². The van der Waals surface area contributed by atoms with Crippen LogP contribution < -0.4 is 10.6 Å². The molecule has 0 fully saturated rings. The molecule has 0 saturated heterocycles. The van der Waals surface area contributed by atoms with E-state index in [1.165, 1.54) is 24.3 Å². The highest BCUT2D eigenvalue weighted by atomic mass is 16.4. The summed E-state index contributed by atoms with van der Waals surface area (Å²) in [6.07, 6.45) is 0.393. The Morgan fingerprint density at radius 3 is 2.12 bits per heavy atom. The van der Waals surface area contributed by atoms with E-state index < -0.39 is 23.8 Å². The Hall–Kier alpha value is -3.19. The van der Waals surface area contributed by atoms with Crippen LogP contribution in [0, 0.1) is 0 Å². The van der Waals surface area contributed by atoms with Crippen LogP contribution in [-0.2, 0) is 16.0 Å². The molecular weight excluding hydrogens is 324 g/mol. The highest BCUT2D eigenvalue weighted by molar-refractivity contribution is 6.39. The van der Waals surface area contributed by atoms with E-state index in [4.69, 9.17) is 5.11 Å². The van der Waals surface area contributed by atoms with Crippen molar-refractivity contribution in [2.45, 2.75) is 12.5 Å². The van der Waals surface area contributed by atoms with Crippen LogP contribution >= 0.6 is 0 Å². The summed E-state index contributed by atoms with van der Waals surface area (Å²) in [5.74, 6) is -2.85. The first-order valence-corrected chi connectivity index (χ1v) is 7.59. The highest BCUT2D eigenvalue weighted by Gasteiger charge is 2.18. The molecule has 0 aliphatic heterocycles. The lowest BCUT2D eigenvalue weighted by Gasteiger charge is -2.16. The van der Waals surface area contributed by atoms with Crippen molar-refractivity contribution in [2.24, 2.45) is 0 Å². The SMILES string of the molecule is O=C(Nc1ccc(C(=O)O)cc1)C(=O)N[C@@H](CO)Cc1ccccc1. The van der Waals surface area contributed by atoms with Gasteiger partial charge in [0.1, 0.15) is 0 Å². The fraction of sp³-hybridized carbons (Fsp3) is 0.167. The van der Waals surface area contributed by atoms with Crippen LogP contribution in [0.3, 0.4) is 0 Å². The number of aliphatic hydroxyl groups is 1. The molecule has 0 bridgehead atoms. The third-order valence-electron chi connectivity index (χ3n) is 3.48. The maximum absolute atomic E-state index is 12.0. The molecule has 2 amide bonds. The zero-order chi connectivity index (χ0) is 18.2. The lowest BCUT2D eigenvalue weighted by molar-refractivity contribution is -0.136. The van der Waals surface area contributed by atoms with E-state index in [9.17, 15) is 19.5 Å². The number of rotatable bonds is 6. The average molecular weight is 342 g/mol. The largest absolute Gasteiger partial charge is 0.478 e. The van der Waals surface area contributed by atoms with Crippen molar-refractivity contribution in [3.63, 3.8) is 0 Å². The smallest absolute Gasteiger partial charge is 0.335 e. The van der Waals surface area contributed by atoms with Crippen molar-refractivity contribution >= 4 is 23.5 Å². The standard InChI is InChI=1S/C18H18N2O5/c21-11-15(10-12-4-2-1-3-5-12)20-17(23)16(22)19-14-8-6-13(7-9-14)18(24)25/h1-9,15,21H,10-11H2,(H,19,22)(H,20,23)(H,24,25)/t15-/m1/s1. The molecule has 0 radical (unpaired) electrons. The Morgan fingerprint density at radius 1 is 0.920 bits per heavy atom. The number of aliphatic hydroxyl groups excluding tert-OH is 1. The molecule has 0 saturated carbocycles. The number of carboxylic acids is 1. The molecule has 2 rings (SSSR count). The first-order valence-electron chi connectivity index (χ1n) is 7.59. The molecule has 25 heavy (non-hydrogen) atoms. The summed E-state index contributed by atoms with van der Waals surface area (Å²) in [5, 5.41) is 23.1. The van der Waals surface area contributed by atoms with Crippen molar-refractivity contribution in [3.05, 3.63) is 65.7 Å². The fourth-order valence-electron chi connectivity index (χ4n) is 2.19. The van der Waals surface area contributed by atoms with Gasteiger partial charge in [-0.25, -0.2) is 4.79 Å². The molecular formula is C18H18N2O5. The number of hydrogen-bond acceptors (Lipinski definition) is 4. The van der Waals surface area contributed by atoms with Gasteiger partial charge in [0, 0.05) is 5.69 Å². The molecule has 0 aliphatic carbocycles. The molecule has 0 aliphatic rings. The van der Waals surface area contributed by atoms with Crippen LogP contribution in [0.1, 0.15) is 15.9 Å². The Kier molecular flexibility index (Phi) is 6.25. The van der Waals surface area contributed by atoms with Crippen LogP contribution in [0.4, 0.5) is 5.69 Å². The van der Waals surface area contributed by atoms with E-state index in [2.05, 4.69) is 10.6 Å². The highest BCUT2D eigenvalue weighted by Crippen LogP contribution is 2.09. The molecule has 0 heterocycles. The third kappa shape index (κ3) is 5.43. The van der Waals surface area contributed by atoms with Crippen molar-refractivity contribution in [1.82, 2.24) is 5.32 Å². The summed E-state index contributed by atoms with van der Waals surface area (Å²) in [5.41, 5.74) is 1.30. The predicted molar refractivity (Wildman–Crippen MR) is 91.2 cm³/mol. The second-order valence-corrected chi connectivity index (χ2v) is 5.38. The molecule has 2 aromatic carbocycles. The van der Waals surface area contributed by atoms with E-state index in [0.717, 1.165) is 5.56 Å². The van der Waals surface area contributed by atoms with Crippen LogP contribution in [0.2, 0.25) is 0 Å². The minimum atomic E-state index is -1.08. The number of benzene rings is 2. The van der Waals surface area contributed by atoms with Gasteiger partial charge in [0.15, 0.2) is 0 Å². The number of carbonyl (C=O) groups is 3. The predicted octanol–water partition coefficient (Wildman–Crippen LogP) is 1.04. The lowest BCUT2D eigenvalue weighted by Crippen LogP contribution is -2.44. The van der Waals surface area contributed by atoms with Gasteiger partial charge in [-0.05, 0) is 36.2 Å². The van der Waals surface area contributed by atoms with E-state index in [0.29, 0.717) is 12.1 Å². The van der Waals surface area contributed by atoms with E-state index in [1.807, 2.05) is 30.3 Å². The second-order valence-electron chi connectivity index (χ2n) is 5.38. The van der Waals surface area contributed by atoms with E-state index in [1.54, 1.807) is 0 Å². The quantitative estimate of drug-likeness (QED) is 0.586. The first-order chi connectivity index (χ1) is 12.0. The topological polar surface area (TPSA) is 116 Å². The summed E-state index contributed by atoms with van der Waals surface area (Å²) < 4.78 is 0. The van der Waals surface area contributed by atoms with Gasteiger partial charge in [0.05, 0.1) is 18.2 Å². The molecule has 130 valence electrons. The fourth-order valence-corrected chi connectivity index (χ4v) is 2.19. The summed E-state index contributed by atoms with van der Waals surface area (Å²) in [6, 6.07) is 14.1. The normalized spacial score (nSPS) is 11.4. The Morgan fingerprint density at radius 2 is 1.56 bits per heavy atom. The number of hydrogen-bond donors (Lipinski definition) is 4. The van der Waals surface area contributed by atoms with Crippen LogP contribution in [0.25, 0.3) is 0 Å². The van der Waals surface area contributed by atoms with Gasteiger partial charge >= 0.3 is 17.8 Å². The zero-order valence-electron chi connectivity index (χ0n) is 13.3. The Labute approximate surface area is 144 Å². The Balaban J connectivity index is 1.92. The number of carbonyl (C=O) groups excluding carboxylic acids is 2. The first kappa shape index (κ1) is 18.2. The maximum atomic E-state index is 12.0. The molecule has 7 nitrogen and oxygen atoms in total. The minimum Gasteiger partial charge on any atom is -0.478 e. The number of nitrogens with one attached hydrogen (secondary N) is 2. The van der Waals surface area contributed by atoms with Crippen LogP contribution in [0.5, 0.6) is 0 Å². The minimum absolute atomic E-state index is 0.0747. The second kappa shape index (κ2) is 8.60. The van der Waals surface area contributed by atoms with Crippen molar-refractivity contribution in [1.29, 1.82) is 0 Å². The van der Waals surface area contributed by atoms with Crippen molar-refractivity contribution in [3.8, 4) is 0 Å². The number of aromatic carboxylic acids is 1. The lowest BCUT2D eigenvalue weighted by atomic mass is 10.1. The molecule has 0 spiro atoms. The summed E-state index contributed by atoms with van der Waals surface area (Å²) >= 11 is 0. The van der Waals surface area contributed by atoms with Gasteiger partial charge in [-0.2, -0.15) is 0 Å². The van der Waals surface area contributed by atoms with Crippen molar-refractivity contribution < 1.29 is 24.6 Å². The summed E-state index contributed by atoms with van der Waals surface area (Å²) in [4.78, 5) is 34.6. The maximum Gasteiger partial charge on any atom is 0.335 e. The van der Waals surface area contributed by atoms with E-state index in [-0.39, 0.29) is 12.2 Å². The van der Waals surface area contributed by atoms with Gasteiger partial charge in [0.2, 0.25) is 0 Å². The van der Waals surface area contributed by atoms with Gasteiger partial charge in [-0.3, -0.25) is 9.59 Å². The van der Waals surface area contributed by atoms with Crippen molar-refractivity contribution in [2.75, 3.05) is 11.9 Å². The zero-order valence-corrected chi connectivity index (χ0v) is 13.3. The molecule has 0 aromatic heterocycles. The molecule has 2 aromatic rings. The third-order valence-corrected chi connectivity index (χ3v) is 3.48. The van der Waals surface area contributed by atoms with Crippen LogP contribution in [-0.4, -0.2) is 40.6 Å². The number of amides is 2. The number of anilines is 1. The molecule has 1 atom stereocenters. The Bertz CT molecular complexity index is 744. The molecule has 0 unspecified atom stereocenters. The average Bonchev–Trinajstić information content (AvgIpc) is 2.62. The van der Waals surface area contributed by atoms with Crippen LogP contribution in [0.15, 0.2) is 54.6 Å². The monoisotopic (exact) mass is 342 g/mol. The van der Waals surface area contributed by atoms with Gasteiger partial charge < -0.3 is 20.8 Å². The summed E-state index contributed by atoms with van der Waals surface area (Å²) in [7, 11) is 0. The van der Waals surface area contributed by atoms with E-state index >= 15 is 0 Å². The van der Waals surface area contributed by atoms with Gasteiger partial charge in [-0.15, -0.1) is 0 Å².